The summed E-state index contributed by atoms with van der Waals surface area (Å²) in [5, 5.41) is 9.54. The molecule has 1 atom stereocenters. The van der Waals surface area contributed by atoms with Crippen molar-refractivity contribution in [3.63, 3.8) is 0 Å². The van der Waals surface area contributed by atoms with Crippen LogP contribution in [0.4, 0.5) is 5.82 Å². The predicted molar refractivity (Wildman–Crippen MR) is 61.8 cm³/mol. The highest BCUT2D eigenvalue weighted by Crippen LogP contribution is 2.19. The molecular weight excluding hydrogens is 258 g/mol. The number of anilines is 1. The molecule has 1 aromatic rings. The third-order valence-corrected chi connectivity index (χ3v) is 3.07. The molecule has 2 rings (SSSR count). The van der Waals surface area contributed by atoms with E-state index in [9.17, 15) is 5.11 Å². The lowest BCUT2D eigenvalue weighted by atomic mass is 10.2. The maximum atomic E-state index is 9.54. The fraction of sp³-hybridized carbons (Fsp3) is 0.600. The van der Waals surface area contributed by atoms with Gasteiger partial charge in [0.05, 0.1) is 6.10 Å². The largest absolute Gasteiger partial charge is 0.393 e. The van der Waals surface area contributed by atoms with Crippen LogP contribution in [0.3, 0.4) is 0 Å². The average Bonchev–Trinajstić information content (AvgIpc) is 2.43. The quantitative estimate of drug-likeness (QED) is 0.789. The first kappa shape index (κ1) is 10.8. The molecule has 0 amide bonds. The van der Waals surface area contributed by atoms with Crippen LogP contribution in [0.1, 0.15) is 19.3 Å². The molecule has 0 aromatic carbocycles. The lowest BCUT2D eigenvalue weighted by molar-refractivity contribution is 0.161. The van der Waals surface area contributed by atoms with Gasteiger partial charge in [0.15, 0.2) is 0 Å². The number of hydrogen-bond acceptors (Lipinski definition) is 4. The minimum atomic E-state index is -0.153. The summed E-state index contributed by atoms with van der Waals surface area (Å²) in [5.41, 5.74) is 0. The smallest absolute Gasteiger partial charge is 0.133 e. The van der Waals surface area contributed by atoms with Crippen molar-refractivity contribution in [2.45, 2.75) is 25.4 Å². The second-order valence-electron chi connectivity index (χ2n) is 3.77. The molecule has 5 heteroatoms. The predicted octanol–water partition coefficient (Wildman–Crippen LogP) is 1.59. The van der Waals surface area contributed by atoms with E-state index in [2.05, 4.69) is 30.8 Å². The van der Waals surface area contributed by atoms with E-state index in [0.717, 1.165) is 42.8 Å². The third kappa shape index (κ3) is 2.89. The van der Waals surface area contributed by atoms with Gasteiger partial charge < -0.3 is 10.0 Å². The van der Waals surface area contributed by atoms with Crippen LogP contribution in [0, 0.1) is 0 Å². The van der Waals surface area contributed by atoms with Gasteiger partial charge in [0.25, 0.3) is 0 Å². The maximum Gasteiger partial charge on any atom is 0.133 e. The summed E-state index contributed by atoms with van der Waals surface area (Å²) in [6.45, 7) is 1.82. The molecule has 0 saturated carbocycles. The van der Waals surface area contributed by atoms with Gasteiger partial charge in [-0.25, -0.2) is 9.97 Å². The monoisotopic (exact) mass is 271 g/mol. The lowest BCUT2D eigenvalue weighted by Gasteiger charge is -2.20. The number of aliphatic hydroxyl groups is 1. The zero-order valence-electron chi connectivity index (χ0n) is 8.43. The van der Waals surface area contributed by atoms with Crippen LogP contribution in [-0.4, -0.2) is 34.3 Å². The Kier molecular flexibility index (Phi) is 3.53. The Hall–Kier alpha value is -0.680. The summed E-state index contributed by atoms with van der Waals surface area (Å²) in [6, 6.07) is 1.91. The van der Waals surface area contributed by atoms with E-state index in [4.69, 9.17) is 0 Å². The van der Waals surface area contributed by atoms with Crippen molar-refractivity contribution in [2.24, 2.45) is 0 Å². The van der Waals surface area contributed by atoms with Crippen molar-refractivity contribution in [1.82, 2.24) is 9.97 Å². The summed E-state index contributed by atoms with van der Waals surface area (Å²) in [6.07, 6.45) is 4.13. The molecule has 1 saturated heterocycles. The van der Waals surface area contributed by atoms with Crippen LogP contribution in [0.5, 0.6) is 0 Å². The Morgan fingerprint density at radius 3 is 3.00 bits per heavy atom. The van der Waals surface area contributed by atoms with Crippen LogP contribution in [-0.2, 0) is 0 Å². The molecule has 0 bridgehead atoms. The number of nitrogens with zero attached hydrogens (tertiary/aromatic N) is 3. The van der Waals surface area contributed by atoms with Crippen LogP contribution < -0.4 is 4.90 Å². The van der Waals surface area contributed by atoms with Gasteiger partial charge in [0.1, 0.15) is 16.7 Å². The SMILES string of the molecule is OC1CCCN(c2cc(Br)ncn2)CC1. The molecular formula is C10H14BrN3O. The summed E-state index contributed by atoms with van der Waals surface area (Å²) >= 11 is 3.33. The van der Waals surface area contributed by atoms with E-state index >= 15 is 0 Å². The molecule has 0 spiro atoms. The Morgan fingerprint density at radius 2 is 2.20 bits per heavy atom. The molecule has 82 valence electrons. The summed E-state index contributed by atoms with van der Waals surface area (Å²) in [7, 11) is 0. The normalized spacial score (nSPS) is 22.5. The molecule has 15 heavy (non-hydrogen) atoms. The molecule has 1 aromatic heterocycles. The topological polar surface area (TPSA) is 49.2 Å². The molecule has 1 aliphatic heterocycles. The zero-order valence-corrected chi connectivity index (χ0v) is 10.0. The van der Waals surface area contributed by atoms with E-state index in [1.807, 2.05) is 6.07 Å². The minimum absolute atomic E-state index is 0.153. The van der Waals surface area contributed by atoms with E-state index < -0.39 is 0 Å². The van der Waals surface area contributed by atoms with E-state index in [1.54, 1.807) is 6.33 Å². The average molecular weight is 272 g/mol. The van der Waals surface area contributed by atoms with Crippen LogP contribution in [0.25, 0.3) is 0 Å². The Morgan fingerprint density at radius 1 is 1.33 bits per heavy atom. The molecule has 1 unspecified atom stereocenters. The minimum Gasteiger partial charge on any atom is -0.393 e. The molecule has 0 radical (unpaired) electrons. The third-order valence-electron chi connectivity index (χ3n) is 2.64. The first-order valence-corrected chi connectivity index (χ1v) is 5.95. The van der Waals surface area contributed by atoms with Crippen LogP contribution in [0.15, 0.2) is 17.0 Å². The number of aliphatic hydroxyl groups excluding tert-OH is 1. The fourth-order valence-electron chi connectivity index (χ4n) is 1.81. The van der Waals surface area contributed by atoms with Gasteiger partial charge in [-0.3, -0.25) is 0 Å². The van der Waals surface area contributed by atoms with Crippen molar-refractivity contribution in [3.8, 4) is 0 Å². The Bertz CT molecular complexity index is 334. The number of halogens is 1. The number of aromatic nitrogens is 2. The highest BCUT2D eigenvalue weighted by atomic mass is 79.9. The first-order chi connectivity index (χ1) is 7.25. The Labute approximate surface area is 97.5 Å². The maximum absolute atomic E-state index is 9.54. The molecule has 1 fully saturated rings. The van der Waals surface area contributed by atoms with Gasteiger partial charge >= 0.3 is 0 Å². The van der Waals surface area contributed by atoms with Crippen molar-refractivity contribution in [2.75, 3.05) is 18.0 Å². The van der Waals surface area contributed by atoms with Crippen molar-refractivity contribution in [1.29, 1.82) is 0 Å². The Balaban J connectivity index is 2.09. The van der Waals surface area contributed by atoms with Gasteiger partial charge in [0.2, 0.25) is 0 Å². The number of hydrogen-bond donors (Lipinski definition) is 1. The van der Waals surface area contributed by atoms with Gasteiger partial charge in [-0.2, -0.15) is 0 Å². The van der Waals surface area contributed by atoms with Gasteiger partial charge in [-0.15, -0.1) is 0 Å². The highest BCUT2D eigenvalue weighted by Gasteiger charge is 2.16. The number of rotatable bonds is 1. The molecule has 2 heterocycles. The molecule has 4 nitrogen and oxygen atoms in total. The van der Waals surface area contributed by atoms with Gasteiger partial charge in [0, 0.05) is 19.2 Å². The second-order valence-corrected chi connectivity index (χ2v) is 4.58. The van der Waals surface area contributed by atoms with Crippen molar-refractivity contribution >= 4 is 21.7 Å². The molecule has 1 aliphatic rings. The first-order valence-electron chi connectivity index (χ1n) is 5.16. The van der Waals surface area contributed by atoms with Gasteiger partial charge in [-0.1, -0.05) is 0 Å². The van der Waals surface area contributed by atoms with Crippen molar-refractivity contribution in [3.05, 3.63) is 17.0 Å². The summed E-state index contributed by atoms with van der Waals surface area (Å²) in [4.78, 5) is 10.4. The van der Waals surface area contributed by atoms with Crippen LogP contribution in [0.2, 0.25) is 0 Å². The lowest BCUT2D eigenvalue weighted by Crippen LogP contribution is -2.25. The van der Waals surface area contributed by atoms with E-state index in [-0.39, 0.29) is 6.10 Å². The zero-order chi connectivity index (χ0) is 10.7. The molecule has 0 aliphatic carbocycles. The summed E-state index contributed by atoms with van der Waals surface area (Å²) in [5.74, 6) is 0.936. The second kappa shape index (κ2) is 4.90. The highest BCUT2D eigenvalue weighted by molar-refractivity contribution is 9.10. The standard InChI is InChI=1S/C10H14BrN3O/c11-9-6-10(13-7-12-9)14-4-1-2-8(15)3-5-14/h6-8,15H,1-5H2. The van der Waals surface area contributed by atoms with Gasteiger partial charge in [-0.05, 0) is 35.2 Å². The summed E-state index contributed by atoms with van der Waals surface area (Å²) < 4.78 is 0.803. The fourth-order valence-corrected chi connectivity index (χ4v) is 2.10. The van der Waals surface area contributed by atoms with Crippen LogP contribution >= 0.6 is 15.9 Å². The van der Waals surface area contributed by atoms with E-state index in [0.29, 0.717) is 0 Å². The van der Waals surface area contributed by atoms with Crippen molar-refractivity contribution < 1.29 is 5.11 Å². The van der Waals surface area contributed by atoms with E-state index in [1.165, 1.54) is 0 Å². The molecule has 1 N–H and O–H groups in total.